The first-order valence-corrected chi connectivity index (χ1v) is 6.52. The maximum Gasteiger partial charge on any atom is 0.330 e. The lowest BCUT2D eigenvalue weighted by Gasteiger charge is -2.26. The third-order valence-corrected chi connectivity index (χ3v) is 4.24. The molecule has 2 rings (SSSR count). The number of carbonyl (C=O) groups excluding carboxylic acids is 2. The quantitative estimate of drug-likeness (QED) is 0.757. The van der Waals surface area contributed by atoms with Gasteiger partial charge in [0.15, 0.2) is 0 Å². The van der Waals surface area contributed by atoms with Crippen molar-refractivity contribution in [1.82, 2.24) is 10.6 Å². The van der Waals surface area contributed by atoms with E-state index in [2.05, 4.69) is 15.4 Å². The van der Waals surface area contributed by atoms with Gasteiger partial charge >= 0.3 is 5.97 Å². The topological polar surface area (TPSA) is 67.4 Å². The van der Waals surface area contributed by atoms with E-state index in [1.807, 2.05) is 0 Å². The van der Waals surface area contributed by atoms with Crippen LogP contribution < -0.4 is 10.6 Å². The first kappa shape index (κ1) is 16.2. The largest absolute Gasteiger partial charge is 0.467 e. The van der Waals surface area contributed by atoms with Gasteiger partial charge in [-0.25, -0.2) is 4.79 Å². The summed E-state index contributed by atoms with van der Waals surface area (Å²) < 4.78 is 4.69. The van der Waals surface area contributed by atoms with Crippen LogP contribution in [-0.2, 0) is 14.3 Å². The van der Waals surface area contributed by atoms with Gasteiger partial charge in [0.25, 0.3) is 0 Å². The van der Waals surface area contributed by atoms with Crippen LogP contribution in [0.25, 0.3) is 0 Å². The van der Waals surface area contributed by atoms with Crippen LogP contribution in [0.3, 0.4) is 0 Å². The van der Waals surface area contributed by atoms with Crippen LogP contribution in [0.4, 0.5) is 0 Å². The van der Waals surface area contributed by atoms with Gasteiger partial charge < -0.3 is 15.4 Å². The van der Waals surface area contributed by atoms with Crippen molar-refractivity contribution >= 4 is 24.3 Å². The van der Waals surface area contributed by atoms with Gasteiger partial charge in [0.2, 0.25) is 5.91 Å². The van der Waals surface area contributed by atoms with E-state index in [1.165, 1.54) is 7.11 Å². The molecule has 1 spiro atoms. The van der Waals surface area contributed by atoms with Crippen LogP contribution >= 0.6 is 12.4 Å². The Morgan fingerprint density at radius 2 is 1.89 bits per heavy atom. The highest BCUT2D eigenvalue weighted by molar-refractivity contribution is 5.90. The van der Waals surface area contributed by atoms with E-state index in [4.69, 9.17) is 0 Å². The highest BCUT2D eigenvalue weighted by Crippen LogP contribution is 2.58. The molecule has 1 unspecified atom stereocenters. The van der Waals surface area contributed by atoms with Crippen LogP contribution in [-0.4, -0.2) is 37.6 Å². The zero-order valence-corrected chi connectivity index (χ0v) is 12.6. The molecule has 0 aromatic rings. The standard InChI is InChI=1S/C13H22N2O3.ClH/c1-12(2,11(17)18-3)15-10(16)9-8-13(9)4-6-14-7-5-13;/h9,14H,4-8H2,1-3H3,(H,15,16);1H. The van der Waals surface area contributed by atoms with Crippen molar-refractivity contribution in [3.63, 3.8) is 0 Å². The van der Waals surface area contributed by atoms with Crippen LogP contribution in [0.5, 0.6) is 0 Å². The Morgan fingerprint density at radius 3 is 2.42 bits per heavy atom. The number of amides is 1. The van der Waals surface area contributed by atoms with Gasteiger partial charge in [0.1, 0.15) is 5.54 Å². The predicted molar refractivity (Wildman–Crippen MR) is 74.1 cm³/mol. The van der Waals surface area contributed by atoms with Gasteiger partial charge in [-0.2, -0.15) is 0 Å². The summed E-state index contributed by atoms with van der Waals surface area (Å²) in [5.41, 5.74) is -0.746. The molecule has 19 heavy (non-hydrogen) atoms. The summed E-state index contributed by atoms with van der Waals surface area (Å²) in [5, 5.41) is 6.12. The molecule has 5 nitrogen and oxygen atoms in total. The molecule has 110 valence electrons. The number of piperidine rings is 1. The lowest BCUT2D eigenvalue weighted by Crippen LogP contribution is -2.51. The fourth-order valence-electron chi connectivity index (χ4n) is 2.90. The first-order valence-electron chi connectivity index (χ1n) is 6.52. The van der Waals surface area contributed by atoms with Crippen LogP contribution in [0.1, 0.15) is 33.1 Å². The summed E-state index contributed by atoms with van der Waals surface area (Å²) in [6.07, 6.45) is 3.07. The van der Waals surface area contributed by atoms with E-state index in [0.717, 1.165) is 32.4 Å². The van der Waals surface area contributed by atoms with Gasteiger partial charge in [0, 0.05) is 5.92 Å². The summed E-state index contributed by atoms with van der Waals surface area (Å²) >= 11 is 0. The fraction of sp³-hybridized carbons (Fsp3) is 0.846. The molecule has 0 bridgehead atoms. The van der Waals surface area contributed by atoms with E-state index in [1.54, 1.807) is 13.8 Å². The molecule has 1 atom stereocenters. The molecule has 6 heteroatoms. The molecule has 1 saturated carbocycles. The van der Waals surface area contributed by atoms with Gasteiger partial charge in [-0.05, 0) is 51.6 Å². The van der Waals surface area contributed by atoms with E-state index in [0.29, 0.717) is 0 Å². The van der Waals surface area contributed by atoms with Gasteiger partial charge in [-0.3, -0.25) is 4.79 Å². The number of hydrogen-bond donors (Lipinski definition) is 2. The van der Waals surface area contributed by atoms with E-state index >= 15 is 0 Å². The van der Waals surface area contributed by atoms with Gasteiger partial charge in [-0.1, -0.05) is 0 Å². The van der Waals surface area contributed by atoms with Crippen molar-refractivity contribution < 1.29 is 14.3 Å². The molecule has 0 radical (unpaired) electrons. The van der Waals surface area contributed by atoms with Crippen molar-refractivity contribution in [1.29, 1.82) is 0 Å². The number of esters is 1. The number of methoxy groups -OCH3 is 1. The zero-order valence-electron chi connectivity index (χ0n) is 11.7. The zero-order chi connectivity index (χ0) is 13.4. The van der Waals surface area contributed by atoms with Crippen molar-refractivity contribution in [3.8, 4) is 0 Å². The van der Waals surface area contributed by atoms with E-state index < -0.39 is 11.5 Å². The third-order valence-electron chi connectivity index (χ3n) is 4.24. The van der Waals surface area contributed by atoms with E-state index in [-0.39, 0.29) is 29.6 Å². The molecule has 2 fully saturated rings. The lowest BCUT2D eigenvalue weighted by atomic mass is 9.91. The van der Waals surface area contributed by atoms with Crippen molar-refractivity contribution in [2.45, 2.75) is 38.6 Å². The van der Waals surface area contributed by atoms with Crippen molar-refractivity contribution in [3.05, 3.63) is 0 Å². The number of ether oxygens (including phenoxy) is 1. The van der Waals surface area contributed by atoms with Gasteiger partial charge in [0.05, 0.1) is 7.11 Å². The Morgan fingerprint density at radius 1 is 1.32 bits per heavy atom. The minimum absolute atomic E-state index is 0. The number of nitrogens with one attached hydrogen (secondary N) is 2. The summed E-state index contributed by atoms with van der Waals surface area (Å²) in [4.78, 5) is 23.7. The van der Waals surface area contributed by atoms with Crippen molar-refractivity contribution in [2.75, 3.05) is 20.2 Å². The van der Waals surface area contributed by atoms with E-state index in [9.17, 15) is 9.59 Å². The first-order chi connectivity index (χ1) is 8.41. The molecule has 1 aliphatic carbocycles. The number of rotatable bonds is 3. The summed E-state index contributed by atoms with van der Waals surface area (Å²) in [6, 6.07) is 0. The van der Waals surface area contributed by atoms with Gasteiger partial charge in [-0.15, -0.1) is 12.4 Å². The molecule has 1 saturated heterocycles. The highest BCUT2D eigenvalue weighted by atomic mass is 35.5. The summed E-state index contributed by atoms with van der Waals surface area (Å²) in [6.45, 7) is 5.33. The Balaban J connectivity index is 0.00000180. The second-order valence-electron chi connectivity index (χ2n) is 5.97. The Bertz CT molecular complexity index is 365. The average Bonchev–Trinajstić information content (AvgIpc) is 3.02. The van der Waals surface area contributed by atoms with Crippen LogP contribution in [0, 0.1) is 11.3 Å². The highest BCUT2D eigenvalue weighted by Gasteiger charge is 2.58. The molecule has 0 aromatic carbocycles. The van der Waals surface area contributed by atoms with Crippen LogP contribution in [0.2, 0.25) is 0 Å². The molecular weight excluding hydrogens is 268 g/mol. The predicted octanol–water partition coefficient (Wildman–Crippen LogP) is 0.866. The molecule has 1 aliphatic heterocycles. The third kappa shape index (κ3) is 3.20. The molecule has 2 N–H and O–H groups in total. The molecular formula is C13H23ClN2O3. The van der Waals surface area contributed by atoms with Crippen molar-refractivity contribution in [2.24, 2.45) is 11.3 Å². The normalized spacial score (nSPS) is 24.3. The Kier molecular flexibility index (Phi) is 4.85. The smallest absolute Gasteiger partial charge is 0.330 e. The summed E-state index contributed by atoms with van der Waals surface area (Å²) in [7, 11) is 1.33. The minimum Gasteiger partial charge on any atom is -0.467 e. The molecule has 0 aromatic heterocycles. The molecule has 1 heterocycles. The Hall–Kier alpha value is -0.810. The summed E-state index contributed by atoms with van der Waals surface area (Å²) in [5.74, 6) is -0.341. The lowest BCUT2D eigenvalue weighted by molar-refractivity contribution is -0.149. The SMILES string of the molecule is COC(=O)C(C)(C)NC(=O)C1CC12CCNCC2.Cl. The maximum atomic E-state index is 12.2. The number of carbonyl (C=O) groups is 2. The minimum atomic E-state index is -0.942. The average molecular weight is 291 g/mol. The van der Waals surface area contributed by atoms with Crippen LogP contribution in [0.15, 0.2) is 0 Å². The fourth-order valence-corrected chi connectivity index (χ4v) is 2.90. The monoisotopic (exact) mass is 290 g/mol. The molecule has 2 aliphatic rings. The number of halogens is 1. The number of hydrogen-bond acceptors (Lipinski definition) is 4. The second-order valence-corrected chi connectivity index (χ2v) is 5.97. The maximum absolute atomic E-state index is 12.2. The Labute approximate surface area is 120 Å². The molecule has 1 amide bonds. The second kappa shape index (κ2) is 5.67.